The van der Waals surface area contributed by atoms with E-state index in [1.54, 1.807) is 18.3 Å². The lowest BCUT2D eigenvalue weighted by atomic mass is 9.72. The Balaban J connectivity index is 1.10. The molecule has 2 aliphatic rings. The molecule has 0 saturated carbocycles. The molecule has 1 unspecified atom stereocenters. The summed E-state index contributed by atoms with van der Waals surface area (Å²) in [6.45, 7) is 11.3. The van der Waals surface area contributed by atoms with Crippen LogP contribution < -0.4 is 15.4 Å². The van der Waals surface area contributed by atoms with E-state index >= 15 is 0 Å². The lowest BCUT2D eigenvalue weighted by Crippen LogP contribution is -2.41. The summed E-state index contributed by atoms with van der Waals surface area (Å²) < 4.78 is 16.9. The number of hydrogen-bond donors (Lipinski definition) is 2. The molecule has 0 amide bonds. The highest BCUT2D eigenvalue weighted by Gasteiger charge is 2.43. The van der Waals surface area contributed by atoms with Gasteiger partial charge in [0.2, 0.25) is 17.7 Å². The van der Waals surface area contributed by atoms with Crippen molar-refractivity contribution in [2.75, 3.05) is 43.4 Å². The number of nitrogens with two attached hydrogens (primary N) is 1. The number of nitrogen functional groups attached to an aromatic ring is 1. The second kappa shape index (κ2) is 13.3. The molecule has 0 aromatic carbocycles. The number of anilines is 2. The summed E-state index contributed by atoms with van der Waals surface area (Å²) in [5, 5.41) is 28.1. The van der Waals surface area contributed by atoms with Gasteiger partial charge in [-0.25, -0.2) is 9.97 Å². The number of aryl methyl sites for hydroxylation is 1. The van der Waals surface area contributed by atoms with Crippen LogP contribution in [0.25, 0.3) is 11.5 Å². The van der Waals surface area contributed by atoms with E-state index in [1.165, 1.54) is 11.3 Å². The van der Waals surface area contributed by atoms with Crippen LogP contribution in [0.1, 0.15) is 80.5 Å². The van der Waals surface area contributed by atoms with Gasteiger partial charge in [0.15, 0.2) is 5.76 Å². The standard InChI is InChI=1S/C32H39N9O5S/c1-18(2)25(29(42)43)22-15-24(38-45-22)44-14-13-40-11-6-12-41(19(3)17-40)31-35-10-8-21(36-31)28-37-30(46-39-28)32(4)9-5-7-23-26(32)20(16-33)27(34)47-23/h8,10,15,18-19,25H,5-7,9,11-14,17,34H2,1-4H3,(H,42,43)/t19-,25?,32-/m0/s1. The number of rotatable bonds is 10. The zero-order valence-corrected chi connectivity index (χ0v) is 27.8. The van der Waals surface area contributed by atoms with Gasteiger partial charge in [-0.1, -0.05) is 19.0 Å². The van der Waals surface area contributed by atoms with Crippen LogP contribution in [0.5, 0.6) is 5.88 Å². The molecule has 248 valence electrons. The Morgan fingerprint density at radius 3 is 2.87 bits per heavy atom. The number of carboxylic acid groups (broad SMARTS) is 1. The third kappa shape index (κ3) is 6.39. The van der Waals surface area contributed by atoms with Crippen molar-refractivity contribution in [3.8, 4) is 23.5 Å². The Kier molecular flexibility index (Phi) is 9.16. The molecule has 0 radical (unpaired) electrons. The van der Waals surface area contributed by atoms with Crippen molar-refractivity contribution >= 4 is 28.3 Å². The molecule has 1 fully saturated rings. The zero-order chi connectivity index (χ0) is 33.3. The second-order valence-electron chi connectivity index (χ2n) is 12.8. The van der Waals surface area contributed by atoms with Crippen LogP contribution in [0.3, 0.4) is 0 Å². The third-order valence-electron chi connectivity index (χ3n) is 9.11. The van der Waals surface area contributed by atoms with Crippen molar-refractivity contribution in [3.05, 3.63) is 46.0 Å². The van der Waals surface area contributed by atoms with E-state index in [0.29, 0.717) is 52.8 Å². The van der Waals surface area contributed by atoms with Crippen molar-refractivity contribution in [1.29, 1.82) is 5.26 Å². The molecule has 15 heteroatoms. The minimum Gasteiger partial charge on any atom is -0.481 e. The smallest absolute Gasteiger partial charge is 0.314 e. The first kappa shape index (κ1) is 32.4. The predicted molar refractivity (Wildman–Crippen MR) is 173 cm³/mol. The van der Waals surface area contributed by atoms with Gasteiger partial charge in [0.25, 0.3) is 5.88 Å². The number of nitriles is 1. The van der Waals surface area contributed by atoms with E-state index in [1.807, 2.05) is 20.8 Å². The van der Waals surface area contributed by atoms with Gasteiger partial charge in [0.05, 0.1) is 11.0 Å². The van der Waals surface area contributed by atoms with Gasteiger partial charge in [-0.2, -0.15) is 10.2 Å². The summed E-state index contributed by atoms with van der Waals surface area (Å²) in [4.78, 5) is 31.5. The lowest BCUT2D eigenvalue weighted by Gasteiger charge is -2.30. The number of carboxylic acids is 1. The van der Waals surface area contributed by atoms with Crippen molar-refractivity contribution in [1.82, 2.24) is 30.2 Å². The number of thiophene rings is 1. The molecule has 1 aliphatic carbocycles. The van der Waals surface area contributed by atoms with Gasteiger partial charge < -0.3 is 29.5 Å². The Morgan fingerprint density at radius 1 is 1.28 bits per heavy atom. The molecular weight excluding hydrogens is 622 g/mol. The van der Waals surface area contributed by atoms with Gasteiger partial charge >= 0.3 is 5.97 Å². The number of hydrogen-bond acceptors (Lipinski definition) is 14. The summed E-state index contributed by atoms with van der Waals surface area (Å²) >= 11 is 1.47. The van der Waals surface area contributed by atoms with Crippen LogP contribution in [0.2, 0.25) is 0 Å². The van der Waals surface area contributed by atoms with Gasteiger partial charge in [-0.05, 0) is 56.7 Å². The first-order valence-electron chi connectivity index (χ1n) is 15.9. The van der Waals surface area contributed by atoms with Gasteiger partial charge in [-0.3, -0.25) is 9.69 Å². The molecule has 1 aliphatic heterocycles. The van der Waals surface area contributed by atoms with Crippen molar-refractivity contribution < 1.29 is 23.7 Å². The van der Waals surface area contributed by atoms with Crippen molar-refractivity contribution in [2.45, 2.75) is 70.8 Å². The van der Waals surface area contributed by atoms with E-state index in [2.05, 4.69) is 38.1 Å². The van der Waals surface area contributed by atoms with Crippen LogP contribution >= 0.6 is 11.3 Å². The lowest BCUT2D eigenvalue weighted by molar-refractivity contribution is -0.140. The minimum atomic E-state index is -0.950. The van der Waals surface area contributed by atoms with Crippen molar-refractivity contribution in [2.24, 2.45) is 5.92 Å². The predicted octanol–water partition coefficient (Wildman–Crippen LogP) is 4.48. The fourth-order valence-electron chi connectivity index (χ4n) is 6.72. The Hall–Kier alpha value is -4.55. The maximum Gasteiger partial charge on any atom is 0.314 e. The molecule has 6 rings (SSSR count). The van der Waals surface area contributed by atoms with E-state index in [-0.39, 0.29) is 17.8 Å². The summed E-state index contributed by atoms with van der Waals surface area (Å²) in [5.41, 5.74) is 7.57. The van der Waals surface area contributed by atoms with E-state index in [0.717, 1.165) is 55.8 Å². The molecule has 0 spiro atoms. The summed E-state index contributed by atoms with van der Waals surface area (Å²) in [6.07, 6.45) is 5.21. The van der Waals surface area contributed by atoms with Crippen LogP contribution in [0.15, 0.2) is 27.4 Å². The molecule has 1 saturated heterocycles. The fraction of sp³-hybridized carbons (Fsp3) is 0.531. The largest absolute Gasteiger partial charge is 0.481 e. The molecule has 0 bridgehead atoms. The second-order valence-corrected chi connectivity index (χ2v) is 13.9. The highest BCUT2D eigenvalue weighted by molar-refractivity contribution is 7.16. The van der Waals surface area contributed by atoms with Crippen molar-refractivity contribution in [3.63, 3.8) is 0 Å². The minimum absolute atomic E-state index is 0.114. The molecule has 3 N–H and O–H groups in total. The average Bonchev–Trinajstić information content (AvgIpc) is 3.75. The normalized spacial score (nSPS) is 20.9. The number of aromatic nitrogens is 5. The van der Waals surface area contributed by atoms with Gasteiger partial charge in [0.1, 0.15) is 29.3 Å². The van der Waals surface area contributed by atoms with Crippen LogP contribution in [-0.4, -0.2) is 80.1 Å². The molecule has 47 heavy (non-hydrogen) atoms. The Bertz CT molecular complexity index is 1780. The molecule has 5 heterocycles. The highest BCUT2D eigenvalue weighted by Crippen LogP contribution is 2.48. The maximum atomic E-state index is 11.6. The van der Waals surface area contributed by atoms with E-state index in [9.17, 15) is 15.2 Å². The summed E-state index contributed by atoms with van der Waals surface area (Å²) in [6, 6.07) is 5.74. The number of carbonyl (C=O) groups is 1. The fourth-order valence-corrected chi connectivity index (χ4v) is 7.91. The first-order chi connectivity index (χ1) is 22.6. The van der Waals surface area contributed by atoms with E-state index in [4.69, 9.17) is 29.5 Å². The van der Waals surface area contributed by atoms with Crippen LogP contribution in [0, 0.1) is 17.2 Å². The number of ether oxygens (including phenoxy) is 1. The van der Waals surface area contributed by atoms with Gasteiger partial charge in [0, 0.05) is 54.9 Å². The number of aliphatic carboxylic acids is 1. The van der Waals surface area contributed by atoms with E-state index < -0.39 is 17.3 Å². The average molecular weight is 662 g/mol. The zero-order valence-electron chi connectivity index (χ0n) is 27.0. The number of fused-ring (bicyclic) bond motifs is 1. The highest BCUT2D eigenvalue weighted by atomic mass is 32.1. The monoisotopic (exact) mass is 661 g/mol. The Labute approximate surface area is 276 Å². The molecule has 4 aromatic rings. The number of nitrogens with zero attached hydrogens (tertiary/aromatic N) is 8. The molecule has 4 aromatic heterocycles. The third-order valence-corrected chi connectivity index (χ3v) is 10.2. The first-order valence-corrected chi connectivity index (χ1v) is 16.7. The summed E-state index contributed by atoms with van der Waals surface area (Å²) in [7, 11) is 0. The molecule has 14 nitrogen and oxygen atoms in total. The van der Waals surface area contributed by atoms with Crippen LogP contribution in [0.4, 0.5) is 10.9 Å². The Morgan fingerprint density at radius 2 is 2.11 bits per heavy atom. The quantitative estimate of drug-likeness (QED) is 0.242. The maximum absolute atomic E-state index is 11.6. The van der Waals surface area contributed by atoms with Gasteiger partial charge in [-0.15, -0.1) is 11.3 Å². The molecular formula is C32H39N9O5S. The topological polar surface area (TPSA) is 194 Å². The van der Waals surface area contributed by atoms with Crippen LogP contribution in [-0.2, 0) is 16.6 Å². The SMILES string of the molecule is CC(C)C(C(=O)O)c1cc(OCCN2CCCN(c3nccc(-c4noc([C@@]5(C)CCCc6sc(N)c(C#N)c65)n4)n3)[C@@H](C)C2)no1. The molecule has 3 atom stereocenters. The summed E-state index contributed by atoms with van der Waals surface area (Å²) in [5.74, 6) is 0.139.